The van der Waals surface area contributed by atoms with Gasteiger partial charge in [-0.2, -0.15) is 10.5 Å². The summed E-state index contributed by atoms with van der Waals surface area (Å²) in [5.41, 5.74) is 0.728. The van der Waals surface area contributed by atoms with Crippen LogP contribution in [0.25, 0.3) is 6.08 Å². The molecule has 0 heterocycles. The molecule has 0 fully saturated rings. The number of anilines is 1. The molecule has 0 spiro atoms. The molecule has 9 heteroatoms. The number of ether oxygens (including phenoxy) is 2. The summed E-state index contributed by atoms with van der Waals surface area (Å²) in [5, 5.41) is 21.2. The highest BCUT2D eigenvalue weighted by Crippen LogP contribution is 2.35. The number of hydrogen-bond donors (Lipinski definition) is 1. The first-order valence-electron chi connectivity index (χ1n) is 8.24. The number of nitrogens with zero attached hydrogens (tertiary/aromatic N) is 2. The van der Waals surface area contributed by atoms with Crippen LogP contribution in [0.5, 0.6) is 11.5 Å². The van der Waals surface area contributed by atoms with Crippen molar-refractivity contribution in [1.82, 2.24) is 0 Å². The molecule has 0 saturated heterocycles. The first-order valence-corrected chi connectivity index (χ1v) is 10.1. The molecule has 2 aromatic carbocycles. The molecule has 0 aliphatic carbocycles. The van der Waals surface area contributed by atoms with Crippen LogP contribution in [0, 0.1) is 26.2 Å². The first-order chi connectivity index (χ1) is 13.9. The van der Waals surface area contributed by atoms with E-state index in [-0.39, 0.29) is 22.2 Å². The van der Waals surface area contributed by atoms with Gasteiger partial charge in [-0.15, -0.1) is 0 Å². The summed E-state index contributed by atoms with van der Waals surface area (Å²) >= 11 is 14.1. The quantitative estimate of drug-likeness (QED) is 0.286. The molecule has 0 unspecified atom stereocenters. The van der Waals surface area contributed by atoms with Crippen LogP contribution in [0.1, 0.15) is 12.5 Å². The molecule has 6 nitrogen and oxygen atoms in total. The van der Waals surface area contributed by atoms with Gasteiger partial charge in [-0.25, -0.2) is 0 Å². The highest BCUT2D eigenvalue weighted by atomic mass is 127. The van der Waals surface area contributed by atoms with Crippen LogP contribution in [-0.4, -0.2) is 19.1 Å². The van der Waals surface area contributed by atoms with E-state index in [1.54, 1.807) is 30.3 Å². The first kappa shape index (κ1) is 22.8. The van der Waals surface area contributed by atoms with Crippen LogP contribution in [0.3, 0.4) is 0 Å². The number of amides is 1. The Labute approximate surface area is 191 Å². The molecule has 0 atom stereocenters. The van der Waals surface area contributed by atoms with Gasteiger partial charge in [-0.3, -0.25) is 4.79 Å². The zero-order chi connectivity index (χ0) is 21.4. The van der Waals surface area contributed by atoms with Gasteiger partial charge in [-0.1, -0.05) is 29.3 Å². The fourth-order valence-electron chi connectivity index (χ4n) is 2.28. The van der Waals surface area contributed by atoms with Gasteiger partial charge in [0.1, 0.15) is 17.7 Å². The Morgan fingerprint density at radius 3 is 2.69 bits per heavy atom. The van der Waals surface area contributed by atoms with E-state index in [1.165, 1.54) is 6.08 Å². The third kappa shape index (κ3) is 6.01. The van der Waals surface area contributed by atoms with Crippen molar-refractivity contribution in [1.29, 1.82) is 10.5 Å². The van der Waals surface area contributed by atoms with Crippen molar-refractivity contribution in [3.63, 3.8) is 0 Å². The van der Waals surface area contributed by atoms with E-state index in [0.717, 1.165) is 0 Å². The average Bonchev–Trinajstić information content (AvgIpc) is 2.69. The number of rotatable bonds is 7. The molecule has 0 aliphatic rings. The van der Waals surface area contributed by atoms with Crippen LogP contribution in [0.4, 0.5) is 5.69 Å². The van der Waals surface area contributed by atoms with Crippen molar-refractivity contribution in [3.05, 3.63) is 55.1 Å². The lowest BCUT2D eigenvalue weighted by molar-refractivity contribution is -0.112. The molecule has 1 amide bonds. The van der Waals surface area contributed by atoms with Gasteiger partial charge in [-0.05, 0) is 65.4 Å². The number of hydrogen-bond acceptors (Lipinski definition) is 5. The minimum Gasteiger partial charge on any atom is -0.490 e. The third-order valence-electron chi connectivity index (χ3n) is 3.49. The van der Waals surface area contributed by atoms with Crippen molar-refractivity contribution in [2.75, 3.05) is 18.5 Å². The SMILES string of the molecule is CCOc1cc(/C=C(/C#N)C(=O)Nc2cccc(Cl)c2Cl)cc(I)c1OCC#N. The summed E-state index contributed by atoms with van der Waals surface area (Å²) in [5.74, 6) is 0.214. The number of benzene rings is 2. The van der Waals surface area contributed by atoms with Crippen molar-refractivity contribution < 1.29 is 14.3 Å². The largest absolute Gasteiger partial charge is 0.490 e. The van der Waals surface area contributed by atoms with Gasteiger partial charge in [0.15, 0.2) is 18.1 Å². The molecule has 2 rings (SSSR count). The van der Waals surface area contributed by atoms with Crippen molar-refractivity contribution >= 4 is 63.5 Å². The molecular formula is C20H14Cl2IN3O3. The van der Waals surface area contributed by atoms with Crippen molar-refractivity contribution in [3.8, 4) is 23.6 Å². The predicted molar refractivity (Wildman–Crippen MR) is 120 cm³/mol. The Morgan fingerprint density at radius 1 is 1.28 bits per heavy atom. The molecule has 148 valence electrons. The second kappa shape index (κ2) is 10.9. The topological polar surface area (TPSA) is 95.1 Å². The number of carbonyl (C=O) groups excluding carboxylic acids is 1. The van der Waals surface area contributed by atoms with E-state index in [4.69, 9.17) is 37.9 Å². The lowest BCUT2D eigenvalue weighted by Crippen LogP contribution is -2.13. The van der Waals surface area contributed by atoms with Gasteiger partial charge < -0.3 is 14.8 Å². The maximum Gasteiger partial charge on any atom is 0.266 e. The lowest BCUT2D eigenvalue weighted by atomic mass is 10.1. The van der Waals surface area contributed by atoms with E-state index >= 15 is 0 Å². The van der Waals surface area contributed by atoms with Crippen LogP contribution in [0.15, 0.2) is 35.9 Å². The number of halogens is 3. The normalized spacial score (nSPS) is 10.6. The van der Waals surface area contributed by atoms with Gasteiger partial charge in [0.25, 0.3) is 5.91 Å². The fourth-order valence-corrected chi connectivity index (χ4v) is 3.41. The smallest absolute Gasteiger partial charge is 0.266 e. The Kier molecular flexibility index (Phi) is 8.59. The number of nitrogens with one attached hydrogen (secondary N) is 1. The molecular weight excluding hydrogens is 528 g/mol. The van der Waals surface area contributed by atoms with Crippen LogP contribution >= 0.6 is 45.8 Å². The molecule has 0 radical (unpaired) electrons. The molecule has 29 heavy (non-hydrogen) atoms. The van der Waals surface area contributed by atoms with Crippen molar-refractivity contribution in [2.24, 2.45) is 0 Å². The number of carbonyl (C=O) groups is 1. The van der Waals surface area contributed by atoms with Crippen LogP contribution < -0.4 is 14.8 Å². The summed E-state index contributed by atoms with van der Waals surface area (Å²) in [7, 11) is 0. The zero-order valence-corrected chi connectivity index (χ0v) is 18.8. The maximum absolute atomic E-state index is 12.5. The van der Waals surface area contributed by atoms with Crippen LogP contribution in [0.2, 0.25) is 10.0 Å². The third-order valence-corrected chi connectivity index (χ3v) is 5.11. The van der Waals surface area contributed by atoms with Gasteiger partial charge in [0, 0.05) is 0 Å². The molecule has 0 aliphatic heterocycles. The minimum absolute atomic E-state index is 0.127. The lowest BCUT2D eigenvalue weighted by Gasteiger charge is -2.13. The number of nitriles is 2. The predicted octanol–water partition coefficient (Wildman–Crippen LogP) is 5.44. The zero-order valence-electron chi connectivity index (χ0n) is 15.1. The Bertz CT molecular complexity index is 1040. The van der Waals surface area contributed by atoms with E-state index in [0.29, 0.717) is 32.9 Å². The second-order valence-corrected chi connectivity index (χ2v) is 7.38. The molecule has 0 bridgehead atoms. The molecule has 1 N–H and O–H groups in total. The monoisotopic (exact) mass is 541 g/mol. The Balaban J connectivity index is 2.36. The minimum atomic E-state index is -0.630. The second-order valence-electron chi connectivity index (χ2n) is 5.44. The van der Waals surface area contributed by atoms with Gasteiger partial charge in [0.05, 0.1) is 25.9 Å². The van der Waals surface area contributed by atoms with Crippen molar-refractivity contribution in [2.45, 2.75) is 6.92 Å². The molecule has 2 aromatic rings. The summed E-state index contributed by atoms with van der Waals surface area (Å²) in [6, 6.07) is 11.9. The standard InChI is InChI=1S/C20H14Cl2IN3O3/c1-2-28-17-10-12(9-15(23)19(17)29-7-6-24)8-13(11-25)20(27)26-16-5-3-4-14(21)18(16)22/h3-5,8-10H,2,7H2,1H3,(H,26,27)/b13-8-. The summed E-state index contributed by atoms with van der Waals surface area (Å²) in [4.78, 5) is 12.5. The van der Waals surface area contributed by atoms with Gasteiger partial charge in [0.2, 0.25) is 0 Å². The fraction of sp³-hybridized carbons (Fsp3) is 0.150. The average molecular weight is 542 g/mol. The Morgan fingerprint density at radius 2 is 2.03 bits per heavy atom. The maximum atomic E-state index is 12.5. The van der Waals surface area contributed by atoms with Crippen LogP contribution in [-0.2, 0) is 4.79 Å². The van der Waals surface area contributed by atoms with E-state index in [1.807, 2.05) is 41.7 Å². The summed E-state index contributed by atoms with van der Waals surface area (Å²) in [6.45, 7) is 2.06. The van der Waals surface area contributed by atoms with E-state index in [9.17, 15) is 10.1 Å². The van der Waals surface area contributed by atoms with E-state index in [2.05, 4.69) is 5.32 Å². The summed E-state index contributed by atoms with van der Waals surface area (Å²) < 4.78 is 11.7. The van der Waals surface area contributed by atoms with E-state index < -0.39 is 5.91 Å². The highest BCUT2D eigenvalue weighted by Gasteiger charge is 2.15. The van der Waals surface area contributed by atoms with Gasteiger partial charge >= 0.3 is 0 Å². The summed E-state index contributed by atoms with van der Waals surface area (Å²) in [6.07, 6.45) is 1.42. The Hall–Kier alpha value is -2.46. The molecule has 0 saturated carbocycles. The molecule has 0 aromatic heterocycles. The highest BCUT2D eigenvalue weighted by molar-refractivity contribution is 14.1.